The summed E-state index contributed by atoms with van der Waals surface area (Å²) < 4.78 is 5.82. The first-order valence-corrected chi connectivity index (χ1v) is 7.19. The van der Waals surface area contributed by atoms with Gasteiger partial charge in [-0.05, 0) is 50.8 Å². The van der Waals surface area contributed by atoms with Crippen LogP contribution in [0.2, 0.25) is 0 Å². The molecule has 0 aliphatic heterocycles. The molecule has 3 nitrogen and oxygen atoms in total. The summed E-state index contributed by atoms with van der Waals surface area (Å²) in [6, 6.07) is 4.50. The highest BCUT2D eigenvalue weighted by Crippen LogP contribution is 2.25. The first-order chi connectivity index (χ1) is 8.83. The highest BCUT2D eigenvalue weighted by Gasteiger charge is 2.19. The number of ether oxygens (including phenoxy) is 1. The van der Waals surface area contributed by atoms with Crippen molar-refractivity contribution in [3.63, 3.8) is 0 Å². The maximum Gasteiger partial charge on any atom is 0.138 e. The van der Waals surface area contributed by atoms with E-state index in [-0.39, 0.29) is 0 Å². The van der Waals surface area contributed by atoms with Gasteiger partial charge in [0.1, 0.15) is 5.75 Å². The van der Waals surface area contributed by atoms with Crippen molar-refractivity contribution >= 4 is 0 Å². The fraction of sp³-hybridized carbons (Fsp3) is 0.667. The van der Waals surface area contributed by atoms with E-state index in [1.807, 2.05) is 6.20 Å². The van der Waals surface area contributed by atoms with Gasteiger partial charge in [-0.25, -0.2) is 0 Å². The number of hydrogen-bond acceptors (Lipinski definition) is 3. The van der Waals surface area contributed by atoms with E-state index in [9.17, 15) is 0 Å². The molecule has 1 aromatic heterocycles. The van der Waals surface area contributed by atoms with E-state index in [4.69, 9.17) is 4.74 Å². The molecule has 1 heterocycles. The molecule has 0 saturated heterocycles. The average molecular weight is 248 g/mol. The number of hydrogen-bond donors (Lipinski definition) is 1. The Morgan fingerprint density at radius 1 is 1.39 bits per heavy atom. The van der Waals surface area contributed by atoms with Crippen LogP contribution in [-0.2, 0) is 0 Å². The van der Waals surface area contributed by atoms with Crippen LogP contribution in [-0.4, -0.2) is 17.6 Å². The standard InChI is InChI=1S/C15H24N2O/c1-3-10-16-14(4-2)15-9-8-13(11-17-15)18-12-6-5-7-12/h8-9,11-12,14,16H,3-7,10H2,1-2H3. The number of rotatable bonds is 7. The molecule has 1 aromatic rings. The van der Waals surface area contributed by atoms with Gasteiger partial charge in [0.05, 0.1) is 18.0 Å². The monoisotopic (exact) mass is 248 g/mol. The number of nitrogens with one attached hydrogen (secondary N) is 1. The summed E-state index contributed by atoms with van der Waals surface area (Å²) in [5, 5.41) is 3.51. The Morgan fingerprint density at radius 3 is 2.72 bits per heavy atom. The largest absolute Gasteiger partial charge is 0.489 e. The quantitative estimate of drug-likeness (QED) is 0.802. The molecule has 2 rings (SSSR count). The lowest BCUT2D eigenvalue weighted by atomic mass is 9.96. The van der Waals surface area contributed by atoms with Crippen LogP contribution >= 0.6 is 0 Å². The molecular weight excluding hydrogens is 224 g/mol. The Bertz CT molecular complexity index is 346. The van der Waals surface area contributed by atoms with E-state index in [2.05, 4.69) is 36.3 Å². The molecule has 100 valence electrons. The Labute approximate surface area is 110 Å². The highest BCUT2D eigenvalue weighted by molar-refractivity contribution is 5.22. The van der Waals surface area contributed by atoms with Gasteiger partial charge in [0.25, 0.3) is 0 Å². The second-order valence-corrected chi connectivity index (χ2v) is 5.00. The smallest absolute Gasteiger partial charge is 0.138 e. The van der Waals surface area contributed by atoms with Gasteiger partial charge in [0, 0.05) is 6.04 Å². The van der Waals surface area contributed by atoms with Crippen molar-refractivity contribution in [3.8, 4) is 5.75 Å². The second kappa shape index (κ2) is 6.74. The third kappa shape index (κ3) is 3.45. The molecule has 0 aromatic carbocycles. The van der Waals surface area contributed by atoms with E-state index < -0.39 is 0 Å². The van der Waals surface area contributed by atoms with Gasteiger partial charge < -0.3 is 10.1 Å². The van der Waals surface area contributed by atoms with Crippen LogP contribution in [0, 0.1) is 0 Å². The van der Waals surface area contributed by atoms with Gasteiger partial charge in [0.15, 0.2) is 0 Å². The van der Waals surface area contributed by atoms with Crippen LogP contribution in [0.4, 0.5) is 0 Å². The molecular formula is C15H24N2O. The van der Waals surface area contributed by atoms with Crippen molar-refractivity contribution in [1.82, 2.24) is 10.3 Å². The summed E-state index contributed by atoms with van der Waals surface area (Å²) in [5.74, 6) is 0.911. The van der Waals surface area contributed by atoms with Crippen molar-refractivity contribution in [2.24, 2.45) is 0 Å². The molecule has 3 heteroatoms. The molecule has 1 saturated carbocycles. The zero-order chi connectivity index (χ0) is 12.8. The first kappa shape index (κ1) is 13.3. The van der Waals surface area contributed by atoms with Crippen LogP contribution in [0.5, 0.6) is 5.75 Å². The second-order valence-electron chi connectivity index (χ2n) is 5.00. The summed E-state index contributed by atoms with van der Waals surface area (Å²) in [5.41, 5.74) is 1.12. The molecule has 1 atom stereocenters. The van der Waals surface area contributed by atoms with Crippen molar-refractivity contribution < 1.29 is 4.74 Å². The van der Waals surface area contributed by atoms with Gasteiger partial charge in [-0.15, -0.1) is 0 Å². The summed E-state index contributed by atoms with van der Waals surface area (Å²) in [6.07, 6.45) is 8.20. The Hall–Kier alpha value is -1.09. The minimum atomic E-state index is 0.364. The Balaban J connectivity index is 1.91. The van der Waals surface area contributed by atoms with Crippen molar-refractivity contribution in [3.05, 3.63) is 24.0 Å². The maximum atomic E-state index is 5.82. The molecule has 18 heavy (non-hydrogen) atoms. The molecule has 1 aliphatic carbocycles. The van der Waals surface area contributed by atoms with Crippen molar-refractivity contribution in [2.45, 2.75) is 58.1 Å². The van der Waals surface area contributed by atoms with Gasteiger partial charge in [-0.2, -0.15) is 0 Å². The lowest BCUT2D eigenvalue weighted by Crippen LogP contribution is -2.25. The lowest BCUT2D eigenvalue weighted by Gasteiger charge is -2.26. The van der Waals surface area contributed by atoms with Crippen molar-refractivity contribution in [2.75, 3.05) is 6.54 Å². The van der Waals surface area contributed by atoms with Crippen LogP contribution in [0.15, 0.2) is 18.3 Å². The van der Waals surface area contributed by atoms with Crippen LogP contribution < -0.4 is 10.1 Å². The molecule has 0 radical (unpaired) electrons. The third-order valence-corrected chi connectivity index (χ3v) is 3.52. The molecule has 0 amide bonds. The van der Waals surface area contributed by atoms with E-state index in [0.29, 0.717) is 12.1 Å². The van der Waals surface area contributed by atoms with E-state index in [1.165, 1.54) is 19.3 Å². The van der Waals surface area contributed by atoms with E-state index >= 15 is 0 Å². The summed E-state index contributed by atoms with van der Waals surface area (Å²) in [6.45, 7) is 5.41. The third-order valence-electron chi connectivity index (χ3n) is 3.52. The van der Waals surface area contributed by atoms with Crippen LogP contribution in [0.1, 0.15) is 57.7 Å². The van der Waals surface area contributed by atoms with Gasteiger partial charge in [-0.3, -0.25) is 4.98 Å². The van der Waals surface area contributed by atoms with Gasteiger partial charge >= 0.3 is 0 Å². The molecule has 0 bridgehead atoms. The molecule has 0 spiro atoms. The van der Waals surface area contributed by atoms with Crippen molar-refractivity contribution in [1.29, 1.82) is 0 Å². The predicted octanol–water partition coefficient (Wildman–Crippen LogP) is 3.46. The normalized spacial score (nSPS) is 17.2. The average Bonchev–Trinajstić information content (AvgIpc) is 2.36. The molecule has 1 unspecified atom stereocenters. The number of aromatic nitrogens is 1. The minimum Gasteiger partial charge on any atom is -0.489 e. The van der Waals surface area contributed by atoms with Gasteiger partial charge in [-0.1, -0.05) is 13.8 Å². The van der Waals surface area contributed by atoms with E-state index in [0.717, 1.165) is 30.8 Å². The minimum absolute atomic E-state index is 0.364. The molecule has 1 fully saturated rings. The Morgan fingerprint density at radius 2 is 2.22 bits per heavy atom. The predicted molar refractivity (Wildman–Crippen MR) is 73.8 cm³/mol. The SMILES string of the molecule is CCCNC(CC)c1ccc(OC2CCC2)cn1. The zero-order valence-electron chi connectivity index (χ0n) is 11.5. The lowest BCUT2D eigenvalue weighted by molar-refractivity contribution is 0.120. The van der Waals surface area contributed by atoms with Crippen LogP contribution in [0.25, 0.3) is 0 Å². The fourth-order valence-electron chi connectivity index (χ4n) is 2.13. The zero-order valence-corrected chi connectivity index (χ0v) is 11.5. The first-order valence-electron chi connectivity index (χ1n) is 7.19. The van der Waals surface area contributed by atoms with Gasteiger partial charge in [0.2, 0.25) is 0 Å². The maximum absolute atomic E-state index is 5.82. The number of pyridine rings is 1. The summed E-state index contributed by atoms with van der Waals surface area (Å²) in [4.78, 5) is 4.53. The molecule has 1 N–H and O–H groups in total. The molecule has 1 aliphatic rings. The van der Waals surface area contributed by atoms with E-state index in [1.54, 1.807) is 0 Å². The summed E-state index contributed by atoms with van der Waals surface area (Å²) >= 11 is 0. The fourth-order valence-corrected chi connectivity index (χ4v) is 2.13. The summed E-state index contributed by atoms with van der Waals surface area (Å²) in [7, 11) is 0. The Kier molecular flexibility index (Phi) is 5.00. The highest BCUT2D eigenvalue weighted by atomic mass is 16.5. The van der Waals surface area contributed by atoms with Crippen LogP contribution in [0.3, 0.4) is 0 Å². The number of nitrogens with zero attached hydrogens (tertiary/aromatic N) is 1. The topological polar surface area (TPSA) is 34.1 Å².